The van der Waals surface area contributed by atoms with Gasteiger partial charge in [0.1, 0.15) is 5.82 Å². The van der Waals surface area contributed by atoms with E-state index in [9.17, 15) is 17.6 Å². The lowest BCUT2D eigenvalue weighted by molar-refractivity contribution is 0.0691. The van der Waals surface area contributed by atoms with Crippen molar-refractivity contribution in [3.63, 3.8) is 0 Å². The summed E-state index contributed by atoms with van der Waals surface area (Å²) in [5, 5.41) is 4.18. The van der Waals surface area contributed by atoms with Crippen LogP contribution in [0.25, 0.3) is 5.69 Å². The highest BCUT2D eigenvalue weighted by molar-refractivity contribution is 7.89. The topological polar surface area (TPSA) is 75.5 Å². The molecule has 0 N–H and O–H groups in total. The Morgan fingerprint density at radius 3 is 2.35 bits per heavy atom. The van der Waals surface area contributed by atoms with Crippen molar-refractivity contribution in [3.8, 4) is 5.69 Å². The van der Waals surface area contributed by atoms with Gasteiger partial charge in [0.05, 0.1) is 15.6 Å². The second-order valence-electron chi connectivity index (χ2n) is 7.19. The molecule has 4 rings (SSSR count). The lowest BCUT2D eigenvalue weighted by atomic mass is 10.3. The average molecular weight is 463 g/mol. The van der Waals surface area contributed by atoms with Crippen molar-refractivity contribution in [2.45, 2.75) is 11.8 Å². The standard InChI is InChI=1S/C21H20ClFN4O3S/c1-15-13-20(24-27(15)16-5-3-2-4-6-16)21(28)25-9-11-26(12-10-25)31(29,30)17-7-8-19(23)18(22)14-17/h2-8,13-14H,9-12H2,1H3. The fraction of sp³-hybridized carbons (Fsp3) is 0.238. The molecule has 3 aromatic rings. The van der Waals surface area contributed by atoms with Crippen molar-refractivity contribution in [1.29, 1.82) is 0 Å². The van der Waals surface area contributed by atoms with Crippen LogP contribution < -0.4 is 0 Å². The Hall–Kier alpha value is -2.75. The smallest absolute Gasteiger partial charge is 0.274 e. The molecular formula is C21H20ClFN4O3S. The van der Waals surface area contributed by atoms with Gasteiger partial charge in [0, 0.05) is 31.9 Å². The van der Waals surface area contributed by atoms with E-state index < -0.39 is 15.8 Å². The van der Waals surface area contributed by atoms with Crippen LogP contribution >= 0.6 is 11.6 Å². The number of amides is 1. The summed E-state index contributed by atoms with van der Waals surface area (Å²) >= 11 is 5.73. The molecule has 0 bridgehead atoms. The second-order valence-corrected chi connectivity index (χ2v) is 9.54. The number of halogens is 2. The lowest BCUT2D eigenvalue weighted by Gasteiger charge is -2.33. The minimum Gasteiger partial charge on any atom is -0.335 e. The Morgan fingerprint density at radius 1 is 1.03 bits per heavy atom. The number of carbonyl (C=O) groups is 1. The molecule has 1 amide bonds. The highest BCUT2D eigenvalue weighted by Gasteiger charge is 2.31. The fourth-order valence-corrected chi connectivity index (χ4v) is 5.18. The molecular weight excluding hydrogens is 443 g/mol. The normalized spacial score (nSPS) is 15.3. The summed E-state index contributed by atoms with van der Waals surface area (Å²) in [5.74, 6) is -0.930. The van der Waals surface area contributed by atoms with Crippen LogP contribution in [0.15, 0.2) is 59.5 Å². The van der Waals surface area contributed by atoms with E-state index in [4.69, 9.17) is 11.6 Å². The molecule has 0 saturated carbocycles. The van der Waals surface area contributed by atoms with Gasteiger partial charge in [0.25, 0.3) is 5.91 Å². The first-order valence-corrected chi connectivity index (χ1v) is 11.5. The van der Waals surface area contributed by atoms with Crippen LogP contribution in [0.2, 0.25) is 5.02 Å². The molecule has 0 radical (unpaired) electrons. The Labute approximate surface area is 184 Å². The van der Waals surface area contributed by atoms with E-state index >= 15 is 0 Å². The van der Waals surface area contributed by atoms with Crippen LogP contribution in [-0.2, 0) is 10.0 Å². The first-order valence-electron chi connectivity index (χ1n) is 9.64. The molecule has 2 heterocycles. The molecule has 1 aliphatic heterocycles. The maximum atomic E-state index is 13.4. The molecule has 0 spiro atoms. The summed E-state index contributed by atoms with van der Waals surface area (Å²) in [4.78, 5) is 14.4. The molecule has 1 fully saturated rings. The summed E-state index contributed by atoms with van der Waals surface area (Å²) in [7, 11) is -3.83. The summed E-state index contributed by atoms with van der Waals surface area (Å²) in [5.41, 5.74) is 1.99. The Morgan fingerprint density at radius 2 is 1.71 bits per heavy atom. The third-order valence-corrected chi connectivity index (χ3v) is 7.35. The van der Waals surface area contributed by atoms with Crippen molar-refractivity contribution in [2.24, 2.45) is 0 Å². The molecule has 1 aromatic heterocycles. The van der Waals surface area contributed by atoms with Crippen LogP contribution in [0, 0.1) is 12.7 Å². The summed E-state index contributed by atoms with van der Waals surface area (Å²) in [6.07, 6.45) is 0. The molecule has 31 heavy (non-hydrogen) atoms. The molecule has 7 nitrogen and oxygen atoms in total. The Balaban J connectivity index is 1.46. The quantitative estimate of drug-likeness (QED) is 0.597. The minimum absolute atomic E-state index is 0.0732. The number of hydrogen-bond donors (Lipinski definition) is 0. The van der Waals surface area contributed by atoms with E-state index in [2.05, 4.69) is 5.10 Å². The number of sulfonamides is 1. The molecule has 0 unspecified atom stereocenters. The number of rotatable bonds is 4. The van der Waals surface area contributed by atoms with Gasteiger partial charge in [-0.2, -0.15) is 9.40 Å². The number of aromatic nitrogens is 2. The zero-order chi connectivity index (χ0) is 22.2. The zero-order valence-electron chi connectivity index (χ0n) is 16.7. The predicted octanol–water partition coefficient (Wildman–Crippen LogP) is 3.12. The molecule has 0 atom stereocenters. The van der Waals surface area contributed by atoms with Crippen molar-refractivity contribution < 1.29 is 17.6 Å². The van der Waals surface area contributed by atoms with E-state index in [1.807, 2.05) is 37.3 Å². The molecule has 162 valence electrons. The zero-order valence-corrected chi connectivity index (χ0v) is 18.3. The maximum Gasteiger partial charge on any atom is 0.274 e. The second kappa shape index (κ2) is 8.41. The Bertz CT molecular complexity index is 1220. The first-order chi connectivity index (χ1) is 14.8. The number of para-hydroxylation sites is 1. The van der Waals surface area contributed by atoms with Crippen molar-refractivity contribution in [1.82, 2.24) is 19.0 Å². The molecule has 1 saturated heterocycles. The van der Waals surface area contributed by atoms with Gasteiger partial charge in [-0.1, -0.05) is 29.8 Å². The van der Waals surface area contributed by atoms with E-state index in [-0.39, 0.29) is 42.0 Å². The summed E-state index contributed by atoms with van der Waals surface area (Å²) < 4.78 is 42.0. The Kier molecular flexibility index (Phi) is 5.83. The molecule has 10 heteroatoms. The maximum absolute atomic E-state index is 13.4. The van der Waals surface area contributed by atoms with Gasteiger partial charge in [-0.3, -0.25) is 4.79 Å². The molecule has 2 aromatic carbocycles. The number of benzene rings is 2. The monoisotopic (exact) mass is 462 g/mol. The molecule has 1 aliphatic rings. The van der Waals surface area contributed by atoms with Gasteiger partial charge in [-0.05, 0) is 43.3 Å². The van der Waals surface area contributed by atoms with E-state index in [0.29, 0.717) is 5.69 Å². The van der Waals surface area contributed by atoms with E-state index in [0.717, 1.165) is 23.5 Å². The van der Waals surface area contributed by atoms with Crippen molar-refractivity contribution in [3.05, 3.63) is 76.8 Å². The van der Waals surface area contributed by atoms with Gasteiger partial charge in [0.15, 0.2) is 5.69 Å². The van der Waals surface area contributed by atoms with Crippen molar-refractivity contribution >= 4 is 27.5 Å². The van der Waals surface area contributed by atoms with Gasteiger partial charge in [0.2, 0.25) is 10.0 Å². The fourth-order valence-electron chi connectivity index (χ4n) is 3.49. The number of aryl methyl sites for hydroxylation is 1. The highest BCUT2D eigenvalue weighted by atomic mass is 35.5. The summed E-state index contributed by atoms with van der Waals surface area (Å²) in [6.45, 7) is 2.58. The third-order valence-electron chi connectivity index (χ3n) is 5.16. The van der Waals surface area contributed by atoms with E-state index in [1.54, 1.807) is 15.6 Å². The highest BCUT2D eigenvalue weighted by Crippen LogP contribution is 2.23. The van der Waals surface area contributed by atoms with E-state index in [1.165, 1.54) is 10.4 Å². The van der Waals surface area contributed by atoms with Crippen LogP contribution in [0.4, 0.5) is 4.39 Å². The lowest BCUT2D eigenvalue weighted by Crippen LogP contribution is -2.50. The number of nitrogens with zero attached hydrogens (tertiary/aromatic N) is 4. The molecule has 0 aliphatic carbocycles. The first kappa shape index (κ1) is 21.5. The van der Waals surface area contributed by atoms with Crippen LogP contribution in [0.5, 0.6) is 0 Å². The largest absolute Gasteiger partial charge is 0.335 e. The third kappa shape index (κ3) is 4.21. The van der Waals surface area contributed by atoms with Gasteiger partial charge >= 0.3 is 0 Å². The number of piperazine rings is 1. The number of hydrogen-bond acceptors (Lipinski definition) is 4. The number of carbonyl (C=O) groups excluding carboxylic acids is 1. The predicted molar refractivity (Wildman–Crippen MR) is 114 cm³/mol. The van der Waals surface area contributed by atoms with Crippen molar-refractivity contribution in [2.75, 3.05) is 26.2 Å². The van der Waals surface area contributed by atoms with Crippen LogP contribution in [0.3, 0.4) is 0 Å². The van der Waals surface area contributed by atoms with Gasteiger partial charge in [-0.15, -0.1) is 0 Å². The SMILES string of the molecule is Cc1cc(C(=O)N2CCN(S(=O)(=O)c3ccc(F)c(Cl)c3)CC2)nn1-c1ccccc1. The van der Waals surface area contributed by atoms with Crippen LogP contribution in [-0.4, -0.2) is 59.5 Å². The van der Waals surface area contributed by atoms with Crippen LogP contribution in [0.1, 0.15) is 16.2 Å². The minimum atomic E-state index is -3.83. The average Bonchev–Trinajstić information content (AvgIpc) is 3.17. The van der Waals surface area contributed by atoms with Gasteiger partial charge < -0.3 is 4.90 Å². The summed E-state index contributed by atoms with van der Waals surface area (Å²) in [6, 6.07) is 14.5. The van der Waals surface area contributed by atoms with Gasteiger partial charge in [-0.25, -0.2) is 17.5 Å².